The Morgan fingerprint density at radius 2 is 2.18 bits per heavy atom. The number of hydrogen-bond donors (Lipinski definition) is 0. The van der Waals surface area contributed by atoms with Gasteiger partial charge in [-0.15, -0.1) is 6.42 Å². The Morgan fingerprint density at radius 3 is 2.73 bits per heavy atom. The van der Waals surface area contributed by atoms with E-state index in [9.17, 15) is 0 Å². The lowest BCUT2D eigenvalue weighted by molar-refractivity contribution is 1.11. The molecule has 0 heteroatoms. The number of hydrogen-bond acceptors (Lipinski definition) is 0. The molecule has 0 nitrogen and oxygen atoms in total. The standard InChI is InChI=1S/C11H12/c1-4-10-7-6-8-11(5-2)9(10)3/h1,6-8H,5H2,2-3H3. The predicted molar refractivity (Wildman–Crippen MR) is 48.5 cm³/mol. The fourth-order valence-corrected chi connectivity index (χ4v) is 1.22. The Hall–Kier alpha value is -1.22. The molecule has 0 atom stereocenters. The molecule has 1 aromatic carbocycles. The summed E-state index contributed by atoms with van der Waals surface area (Å²) in [5.41, 5.74) is 3.61. The van der Waals surface area contributed by atoms with Crippen molar-refractivity contribution in [3.8, 4) is 12.3 Å². The van der Waals surface area contributed by atoms with Gasteiger partial charge >= 0.3 is 0 Å². The second-order valence-corrected chi connectivity index (χ2v) is 2.59. The van der Waals surface area contributed by atoms with E-state index in [0.717, 1.165) is 12.0 Å². The fourth-order valence-electron chi connectivity index (χ4n) is 1.22. The minimum absolute atomic E-state index is 1.02. The molecule has 0 saturated carbocycles. The van der Waals surface area contributed by atoms with E-state index in [0.29, 0.717) is 0 Å². The molecule has 0 aliphatic heterocycles. The highest BCUT2D eigenvalue weighted by molar-refractivity contribution is 5.43. The molecule has 0 aromatic heterocycles. The number of aryl methyl sites for hydroxylation is 1. The number of terminal acetylenes is 1. The maximum Gasteiger partial charge on any atom is 0.0274 e. The molecule has 0 spiro atoms. The van der Waals surface area contributed by atoms with E-state index in [1.165, 1.54) is 11.1 Å². The smallest absolute Gasteiger partial charge is 0.0274 e. The molecule has 0 unspecified atom stereocenters. The van der Waals surface area contributed by atoms with E-state index in [1.54, 1.807) is 0 Å². The highest BCUT2D eigenvalue weighted by Gasteiger charge is 1.97. The van der Waals surface area contributed by atoms with E-state index in [-0.39, 0.29) is 0 Å². The van der Waals surface area contributed by atoms with Crippen molar-refractivity contribution in [2.75, 3.05) is 0 Å². The summed E-state index contributed by atoms with van der Waals surface area (Å²) in [5, 5.41) is 0. The van der Waals surface area contributed by atoms with Crippen LogP contribution in [-0.4, -0.2) is 0 Å². The molecule has 0 bridgehead atoms. The van der Waals surface area contributed by atoms with Crippen LogP contribution in [0.1, 0.15) is 23.6 Å². The molecule has 0 aliphatic rings. The Kier molecular flexibility index (Phi) is 2.33. The van der Waals surface area contributed by atoms with Gasteiger partial charge in [-0.25, -0.2) is 0 Å². The predicted octanol–water partition coefficient (Wildman–Crippen LogP) is 2.54. The van der Waals surface area contributed by atoms with Crippen LogP contribution in [0.4, 0.5) is 0 Å². The molecule has 0 radical (unpaired) electrons. The SMILES string of the molecule is C#Cc1cccc(CC)c1C. The Labute approximate surface area is 68.3 Å². The Balaban J connectivity index is 3.23. The van der Waals surface area contributed by atoms with Crippen LogP contribution in [-0.2, 0) is 6.42 Å². The average molecular weight is 144 g/mol. The molecule has 11 heavy (non-hydrogen) atoms. The van der Waals surface area contributed by atoms with Crippen molar-refractivity contribution in [2.45, 2.75) is 20.3 Å². The molecule has 56 valence electrons. The molecule has 0 heterocycles. The highest BCUT2D eigenvalue weighted by atomic mass is 14.0. The van der Waals surface area contributed by atoms with Gasteiger partial charge in [0.1, 0.15) is 0 Å². The van der Waals surface area contributed by atoms with Crippen molar-refractivity contribution >= 4 is 0 Å². The lowest BCUT2D eigenvalue weighted by Crippen LogP contribution is -1.89. The van der Waals surface area contributed by atoms with E-state index >= 15 is 0 Å². The quantitative estimate of drug-likeness (QED) is 0.531. The van der Waals surface area contributed by atoms with E-state index in [2.05, 4.69) is 25.8 Å². The van der Waals surface area contributed by atoms with Crippen molar-refractivity contribution < 1.29 is 0 Å². The molecule has 1 rings (SSSR count). The van der Waals surface area contributed by atoms with Crippen LogP contribution < -0.4 is 0 Å². The van der Waals surface area contributed by atoms with Crippen LogP contribution in [0, 0.1) is 19.3 Å². The number of rotatable bonds is 1. The minimum atomic E-state index is 1.02. The lowest BCUT2D eigenvalue weighted by Gasteiger charge is -2.03. The Morgan fingerprint density at radius 1 is 1.45 bits per heavy atom. The van der Waals surface area contributed by atoms with Crippen LogP contribution in [0.5, 0.6) is 0 Å². The normalized spacial score (nSPS) is 9.18. The summed E-state index contributed by atoms with van der Waals surface area (Å²) in [7, 11) is 0. The molecule has 0 amide bonds. The van der Waals surface area contributed by atoms with Crippen molar-refractivity contribution in [3.05, 3.63) is 34.9 Å². The molecule has 0 saturated heterocycles. The van der Waals surface area contributed by atoms with Crippen molar-refractivity contribution in [3.63, 3.8) is 0 Å². The monoisotopic (exact) mass is 144 g/mol. The van der Waals surface area contributed by atoms with Crippen LogP contribution in [0.15, 0.2) is 18.2 Å². The van der Waals surface area contributed by atoms with Gasteiger partial charge < -0.3 is 0 Å². The van der Waals surface area contributed by atoms with Crippen LogP contribution in [0.25, 0.3) is 0 Å². The first-order chi connectivity index (χ1) is 5.29. The second-order valence-electron chi connectivity index (χ2n) is 2.59. The van der Waals surface area contributed by atoms with Gasteiger partial charge in [0.05, 0.1) is 0 Å². The molecular weight excluding hydrogens is 132 g/mol. The zero-order valence-electron chi connectivity index (χ0n) is 7.02. The van der Waals surface area contributed by atoms with Crippen LogP contribution in [0.3, 0.4) is 0 Å². The zero-order valence-corrected chi connectivity index (χ0v) is 7.02. The van der Waals surface area contributed by atoms with Gasteiger partial charge in [-0.05, 0) is 30.5 Å². The third kappa shape index (κ3) is 1.43. The Bertz CT molecular complexity index is 289. The van der Waals surface area contributed by atoms with Gasteiger partial charge in [0.2, 0.25) is 0 Å². The molecule has 0 aliphatic carbocycles. The van der Waals surface area contributed by atoms with Gasteiger partial charge in [0.15, 0.2) is 0 Å². The first kappa shape index (κ1) is 7.88. The van der Waals surface area contributed by atoms with Crippen LogP contribution in [0.2, 0.25) is 0 Å². The fraction of sp³-hybridized carbons (Fsp3) is 0.273. The summed E-state index contributed by atoms with van der Waals surface area (Å²) in [4.78, 5) is 0. The summed E-state index contributed by atoms with van der Waals surface area (Å²) in [6.45, 7) is 4.22. The first-order valence-corrected chi connectivity index (χ1v) is 3.84. The number of benzene rings is 1. The average Bonchev–Trinajstić information content (AvgIpc) is 2.05. The maximum absolute atomic E-state index is 5.32. The molecule has 0 fully saturated rings. The zero-order chi connectivity index (χ0) is 8.27. The van der Waals surface area contributed by atoms with E-state index in [1.807, 2.05) is 12.1 Å². The summed E-state index contributed by atoms with van der Waals surface area (Å²) < 4.78 is 0. The second kappa shape index (κ2) is 3.25. The van der Waals surface area contributed by atoms with Crippen molar-refractivity contribution in [1.82, 2.24) is 0 Å². The van der Waals surface area contributed by atoms with Gasteiger partial charge in [-0.2, -0.15) is 0 Å². The lowest BCUT2D eigenvalue weighted by atomic mass is 10.0. The summed E-state index contributed by atoms with van der Waals surface area (Å²) in [6.07, 6.45) is 6.38. The van der Waals surface area contributed by atoms with Crippen LogP contribution >= 0.6 is 0 Å². The molecule has 0 N–H and O–H groups in total. The summed E-state index contributed by atoms with van der Waals surface area (Å²) >= 11 is 0. The summed E-state index contributed by atoms with van der Waals surface area (Å²) in [5.74, 6) is 2.67. The van der Waals surface area contributed by atoms with Gasteiger partial charge in [0, 0.05) is 5.56 Å². The molecule has 1 aromatic rings. The molecular formula is C11H12. The topological polar surface area (TPSA) is 0 Å². The first-order valence-electron chi connectivity index (χ1n) is 3.84. The van der Waals surface area contributed by atoms with Gasteiger partial charge in [0.25, 0.3) is 0 Å². The third-order valence-electron chi connectivity index (χ3n) is 1.98. The van der Waals surface area contributed by atoms with E-state index < -0.39 is 0 Å². The maximum atomic E-state index is 5.32. The minimum Gasteiger partial charge on any atom is -0.115 e. The third-order valence-corrected chi connectivity index (χ3v) is 1.98. The largest absolute Gasteiger partial charge is 0.115 e. The van der Waals surface area contributed by atoms with Crippen molar-refractivity contribution in [1.29, 1.82) is 0 Å². The highest BCUT2D eigenvalue weighted by Crippen LogP contribution is 2.12. The van der Waals surface area contributed by atoms with Gasteiger partial charge in [-0.1, -0.05) is 25.0 Å². The van der Waals surface area contributed by atoms with E-state index in [4.69, 9.17) is 6.42 Å². The summed E-state index contributed by atoms with van der Waals surface area (Å²) in [6, 6.07) is 6.12. The van der Waals surface area contributed by atoms with Gasteiger partial charge in [-0.3, -0.25) is 0 Å². The van der Waals surface area contributed by atoms with Crippen molar-refractivity contribution in [2.24, 2.45) is 0 Å².